The van der Waals surface area contributed by atoms with Gasteiger partial charge in [-0.1, -0.05) is 13.8 Å². The molecule has 2 aliphatic rings. The Morgan fingerprint density at radius 1 is 1.23 bits per heavy atom. The van der Waals surface area contributed by atoms with E-state index >= 15 is 0 Å². The fraction of sp³-hybridized carbons (Fsp3) is 0.714. The van der Waals surface area contributed by atoms with E-state index in [-0.39, 0.29) is 0 Å². The van der Waals surface area contributed by atoms with Gasteiger partial charge in [0.15, 0.2) is 0 Å². The van der Waals surface area contributed by atoms with Crippen LogP contribution in [0.1, 0.15) is 38.0 Å². The molecule has 5 nitrogen and oxygen atoms in total. The Balaban J connectivity index is 1.45. The van der Waals surface area contributed by atoms with Gasteiger partial charge in [-0.2, -0.15) is 13.2 Å². The molecule has 0 aromatic carbocycles. The standard InChI is InChI=1S/C21H30F3N5S/c1-13(2)18(14-10-25-11-14)28-15-4-3-6-29(7-5-15)19-17-8-16(9-21(22,23)24)30-20(17)27-12-26-19/h8,12-15,18,25,28H,3-7,9-11H2,1-2H3. The van der Waals surface area contributed by atoms with Gasteiger partial charge in [-0.25, -0.2) is 9.97 Å². The van der Waals surface area contributed by atoms with Crippen LogP contribution < -0.4 is 15.5 Å². The summed E-state index contributed by atoms with van der Waals surface area (Å²) in [5.41, 5.74) is 0. The smallest absolute Gasteiger partial charge is 0.356 e. The number of alkyl halides is 3. The number of aromatic nitrogens is 2. The SMILES string of the molecule is CC(C)C(NC1CCCN(c2ncnc3sc(CC(F)(F)F)cc23)CC1)C1CNC1. The van der Waals surface area contributed by atoms with E-state index < -0.39 is 12.6 Å². The van der Waals surface area contributed by atoms with Crippen LogP contribution in [0.4, 0.5) is 19.0 Å². The van der Waals surface area contributed by atoms with Crippen LogP contribution >= 0.6 is 11.3 Å². The van der Waals surface area contributed by atoms with Gasteiger partial charge in [0, 0.05) is 43.1 Å². The topological polar surface area (TPSA) is 53.1 Å². The lowest BCUT2D eigenvalue weighted by atomic mass is 9.85. The molecule has 2 saturated heterocycles. The zero-order valence-corrected chi connectivity index (χ0v) is 18.3. The highest BCUT2D eigenvalue weighted by Gasteiger charge is 2.32. The van der Waals surface area contributed by atoms with E-state index in [9.17, 15) is 13.2 Å². The zero-order valence-electron chi connectivity index (χ0n) is 17.5. The zero-order chi connectivity index (χ0) is 21.3. The van der Waals surface area contributed by atoms with E-state index in [1.807, 2.05) is 0 Å². The molecule has 4 rings (SSSR count). The first kappa shape index (κ1) is 21.8. The van der Waals surface area contributed by atoms with Crippen molar-refractivity contribution in [3.8, 4) is 0 Å². The molecule has 0 aliphatic carbocycles. The van der Waals surface area contributed by atoms with Gasteiger partial charge >= 0.3 is 6.18 Å². The molecule has 4 heterocycles. The van der Waals surface area contributed by atoms with Gasteiger partial charge in [0.05, 0.1) is 11.8 Å². The number of rotatable bonds is 6. The normalized spacial score (nSPS) is 22.3. The first-order chi connectivity index (χ1) is 14.3. The second-order valence-electron chi connectivity index (χ2n) is 8.89. The first-order valence-corrected chi connectivity index (χ1v) is 11.6. The second kappa shape index (κ2) is 8.96. The molecule has 9 heteroatoms. The van der Waals surface area contributed by atoms with Gasteiger partial charge < -0.3 is 15.5 Å². The van der Waals surface area contributed by atoms with Crippen LogP contribution in [-0.4, -0.2) is 54.4 Å². The largest absolute Gasteiger partial charge is 0.393 e. The van der Waals surface area contributed by atoms with Crippen LogP contribution in [0.2, 0.25) is 0 Å². The fourth-order valence-electron chi connectivity index (χ4n) is 4.61. The summed E-state index contributed by atoms with van der Waals surface area (Å²) >= 11 is 1.12. The Morgan fingerprint density at radius 3 is 2.70 bits per heavy atom. The maximum Gasteiger partial charge on any atom is 0.393 e. The summed E-state index contributed by atoms with van der Waals surface area (Å²) in [7, 11) is 0. The Morgan fingerprint density at radius 2 is 2.03 bits per heavy atom. The van der Waals surface area contributed by atoms with Crippen LogP contribution in [0.25, 0.3) is 10.2 Å². The van der Waals surface area contributed by atoms with Gasteiger partial charge in [0.2, 0.25) is 0 Å². The third kappa shape index (κ3) is 5.06. The van der Waals surface area contributed by atoms with Gasteiger partial charge in [-0.3, -0.25) is 0 Å². The van der Waals surface area contributed by atoms with E-state index in [2.05, 4.69) is 39.3 Å². The van der Waals surface area contributed by atoms with Crippen molar-refractivity contribution >= 4 is 27.4 Å². The monoisotopic (exact) mass is 441 g/mol. The number of nitrogens with one attached hydrogen (secondary N) is 2. The lowest BCUT2D eigenvalue weighted by Crippen LogP contribution is -2.57. The minimum atomic E-state index is -4.21. The third-order valence-electron chi connectivity index (χ3n) is 6.23. The van der Waals surface area contributed by atoms with Crippen molar-refractivity contribution < 1.29 is 13.2 Å². The van der Waals surface area contributed by atoms with Crippen molar-refractivity contribution in [2.45, 2.75) is 57.8 Å². The molecule has 2 N–H and O–H groups in total. The van der Waals surface area contributed by atoms with Crippen molar-refractivity contribution in [2.75, 3.05) is 31.1 Å². The maximum absolute atomic E-state index is 12.8. The maximum atomic E-state index is 12.8. The van der Waals surface area contributed by atoms with Gasteiger partial charge in [-0.15, -0.1) is 11.3 Å². The third-order valence-corrected chi connectivity index (χ3v) is 7.27. The van der Waals surface area contributed by atoms with Crippen LogP contribution in [0.15, 0.2) is 12.4 Å². The molecular formula is C21H30F3N5S. The Hall–Kier alpha value is -1.45. The van der Waals surface area contributed by atoms with Crippen LogP contribution in [0.3, 0.4) is 0 Å². The minimum absolute atomic E-state index is 0.294. The van der Waals surface area contributed by atoms with Crippen molar-refractivity contribution in [3.63, 3.8) is 0 Å². The van der Waals surface area contributed by atoms with E-state index in [1.165, 1.54) is 6.33 Å². The lowest BCUT2D eigenvalue weighted by Gasteiger charge is -2.39. The van der Waals surface area contributed by atoms with Gasteiger partial charge in [0.25, 0.3) is 0 Å². The minimum Gasteiger partial charge on any atom is -0.356 e. The average Bonchev–Trinajstić information content (AvgIpc) is 2.87. The first-order valence-electron chi connectivity index (χ1n) is 10.8. The van der Waals surface area contributed by atoms with Crippen molar-refractivity contribution in [3.05, 3.63) is 17.3 Å². The summed E-state index contributed by atoms with van der Waals surface area (Å²) in [6.07, 6.45) is -0.489. The quantitative estimate of drug-likeness (QED) is 0.710. The molecule has 0 amide bonds. The molecule has 0 radical (unpaired) electrons. The number of thiophene rings is 1. The average molecular weight is 442 g/mol. The molecule has 0 saturated carbocycles. The molecule has 2 aromatic heterocycles. The summed E-state index contributed by atoms with van der Waals surface area (Å²) in [5.74, 6) is 2.06. The van der Waals surface area contributed by atoms with Gasteiger partial charge in [-0.05, 0) is 37.2 Å². The summed E-state index contributed by atoms with van der Waals surface area (Å²) in [6, 6.07) is 2.61. The number of fused-ring (bicyclic) bond motifs is 1. The lowest BCUT2D eigenvalue weighted by molar-refractivity contribution is -0.126. The summed E-state index contributed by atoms with van der Waals surface area (Å²) < 4.78 is 38.5. The molecule has 30 heavy (non-hydrogen) atoms. The second-order valence-corrected chi connectivity index (χ2v) is 10.0. The number of hydrogen-bond acceptors (Lipinski definition) is 6. The molecule has 2 aromatic rings. The van der Waals surface area contributed by atoms with E-state index in [1.54, 1.807) is 6.07 Å². The van der Waals surface area contributed by atoms with E-state index in [0.717, 1.165) is 68.0 Å². The number of halogens is 3. The van der Waals surface area contributed by atoms with Crippen LogP contribution in [0.5, 0.6) is 0 Å². The molecule has 2 aliphatic heterocycles. The molecule has 166 valence electrons. The number of anilines is 1. The van der Waals surface area contributed by atoms with Crippen LogP contribution in [-0.2, 0) is 6.42 Å². The highest BCUT2D eigenvalue weighted by atomic mass is 32.1. The summed E-state index contributed by atoms with van der Waals surface area (Å²) in [5, 5.41) is 8.03. The number of hydrogen-bond donors (Lipinski definition) is 2. The van der Waals surface area contributed by atoms with Crippen molar-refractivity contribution in [1.29, 1.82) is 0 Å². The molecule has 2 unspecified atom stereocenters. The molecule has 2 fully saturated rings. The Bertz CT molecular complexity index is 849. The molecule has 0 spiro atoms. The van der Waals surface area contributed by atoms with E-state index in [4.69, 9.17) is 0 Å². The molecular weight excluding hydrogens is 411 g/mol. The predicted octanol–water partition coefficient (Wildman–Crippen LogP) is 3.99. The van der Waals surface area contributed by atoms with E-state index in [0.29, 0.717) is 33.6 Å². The Labute approximate surface area is 179 Å². The predicted molar refractivity (Wildman–Crippen MR) is 115 cm³/mol. The molecule has 2 atom stereocenters. The fourth-order valence-corrected chi connectivity index (χ4v) is 5.64. The van der Waals surface area contributed by atoms with Crippen LogP contribution in [0, 0.1) is 11.8 Å². The highest BCUT2D eigenvalue weighted by Crippen LogP contribution is 2.34. The Kier molecular flexibility index (Phi) is 6.50. The van der Waals surface area contributed by atoms with Crippen molar-refractivity contribution in [2.24, 2.45) is 11.8 Å². The van der Waals surface area contributed by atoms with Crippen molar-refractivity contribution in [1.82, 2.24) is 20.6 Å². The summed E-state index contributed by atoms with van der Waals surface area (Å²) in [6.45, 7) is 8.46. The van der Waals surface area contributed by atoms with Gasteiger partial charge in [0.1, 0.15) is 17.0 Å². The molecule has 0 bridgehead atoms. The summed E-state index contributed by atoms with van der Waals surface area (Å²) in [4.78, 5) is 11.8. The number of nitrogens with zero attached hydrogens (tertiary/aromatic N) is 3. The highest BCUT2D eigenvalue weighted by molar-refractivity contribution is 7.18.